The molecular formula is C11H12Cl2N2O2. The fraction of sp³-hybridized carbons (Fsp3) is 0.273. The first-order chi connectivity index (χ1) is 8.04. The summed E-state index contributed by atoms with van der Waals surface area (Å²) in [6.07, 6.45) is 1.12. The third kappa shape index (κ3) is 4.24. The molecule has 17 heavy (non-hydrogen) atoms. The van der Waals surface area contributed by atoms with Crippen molar-refractivity contribution in [2.45, 2.75) is 19.8 Å². The van der Waals surface area contributed by atoms with E-state index in [0.29, 0.717) is 28.6 Å². The van der Waals surface area contributed by atoms with E-state index in [0.717, 1.165) is 0 Å². The minimum Gasteiger partial charge on any atom is -0.477 e. The highest BCUT2D eigenvalue weighted by Gasteiger charge is 2.07. The zero-order chi connectivity index (χ0) is 12.8. The molecule has 2 N–H and O–H groups in total. The highest BCUT2D eigenvalue weighted by molar-refractivity contribution is 6.42. The zero-order valence-corrected chi connectivity index (χ0v) is 10.7. The minimum absolute atomic E-state index is 0.0820. The number of halogens is 2. The molecule has 0 heterocycles. The molecule has 0 saturated carbocycles. The Labute approximate surface area is 109 Å². The van der Waals surface area contributed by atoms with Crippen molar-refractivity contribution in [1.29, 1.82) is 0 Å². The van der Waals surface area contributed by atoms with Crippen molar-refractivity contribution < 1.29 is 9.90 Å². The van der Waals surface area contributed by atoms with Gasteiger partial charge in [0.15, 0.2) is 0 Å². The number of carboxylic acid groups (broad SMARTS) is 1. The highest BCUT2D eigenvalue weighted by atomic mass is 35.5. The van der Waals surface area contributed by atoms with Gasteiger partial charge in [0.1, 0.15) is 5.71 Å². The van der Waals surface area contributed by atoms with Gasteiger partial charge in [0, 0.05) is 0 Å². The molecule has 1 aromatic rings. The number of hydrogen-bond acceptors (Lipinski definition) is 3. The molecule has 0 atom stereocenters. The van der Waals surface area contributed by atoms with E-state index in [1.807, 2.05) is 6.92 Å². The second kappa shape index (κ2) is 6.47. The smallest absolute Gasteiger partial charge is 0.352 e. The number of anilines is 1. The maximum Gasteiger partial charge on any atom is 0.352 e. The lowest BCUT2D eigenvalue weighted by molar-refractivity contribution is -0.129. The Morgan fingerprint density at radius 1 is 1.41 bits per heavy atom. The average Bonchev–Trinajstić information content (AvgIpc) is 2.28. The van der Waals surface area contributed by atoms with Crippen LogP contribution in [0, 0.1) is 0 Å². The molecule has 6 heteroatoms. The molecule has 0 radical (unpaired) electrons. The maximum absolute atomic E-state index is 10.8. The lowest BCUT2D eigenvalue weighted by Crippen LogP contribution is -2.14. The summed E-state index contributed by atoms with van der Waals surface area (Å²) in [5.41, 5.74) is 3.32. The van der Waals surface area contributed by atoms with E-state index in [2.05, 4.69) is 10.5 Å². The molecule has 4 nitrogen and oxygen atoms in total. The van der Waals surface area contributed by atoms with Crippen molar-refractivity contribution >= 4 is 40.6 Å². The van der Waals surface area contributed by atoms with Gasteiger partial charge in [0.05, 0.1) is 15.7 Å². The van der Waals surface area contributed by atoms with Crippen LogP contribution in [0.1, 0.15) is 19.8 Å². The minimum atomic E-state index is -1.03. The van der Waals surface area contributed by atoms with Gasteiger partial charge < -0.3 is 5.11 Å². The standard InChI is InChI=1S/C11H12Cl2N2O2/c1-2-3-10(11(16)17)15-14-7-4-5-8(12)9(13)6-7/h4-6,14H,2-3H2,1H3,(H,16,17). The summed E-state index contributed by atoms with van der Waals surface area (Å²) in [5, 5.41) is 13.5. The molecule has 0 aromatic heterocycles. The quantitative estimate of drug-likeness (QED) is 0.637. The molecule has 0 fully saturated rings. The second-order valence-corrected chi connectivity index (χ2v) is 4.17. The van der Waals surface area contributed by atoms with E-state index in [-0.39, 0.29) is 5.71 Å². The summed E-state index contributed by atoms with van der Waals surface area (Å²) in [6, 6.07) is 4.87. The first kappa shape index (κ1) is 13.8. The van der Waals surface area contributed by atoms with Gasteiger partial charge in [-0.25, -0.2) is 4.79 Å². The van der Waals surface area contributed by atoms with Crippen molar-refractivity contribution in [2.24, 2.45) is 5.10 Å². The van der Waals surface area contributed by atoms with Gasteiger partial charge in [-0.15, -0.1) is 0 Å². The second-order valence-electron chi connectivity index (χ2n) is 3.35. The molecule has 92 valence electrons. The van der Waals surface area contributed by atoms with E-state index >= 15 is 0 Å². The normalized spacial score (nSPS) is 11.4. The van der Waals surface area contributed by atoms with Crippen molar-refractivity contribution in [3.05, 3.63) is 28.2 Å². The molecule has 0 saturated heterocycles. The third-order valence-corrected chi connectivity index (χ3v) is 2.71. The Morgan fingerprint density at radius 2 is 2.12 bits per heavy atom. The topological polar surface area (TPSA) is 61.7 Å². The Bertz CT molecular complexity index is 447. The van der Waals surface area contributed by atoms with Crippen LogP contribution in [0.25, 0.3) is 0 Å². The molecule has 0 bridgehead atoms. The van der Waals surface area contributed by atoms with Crippen LogP contribution in [0.5, 0.6) is 0 Å². The number of hydrazone groups is 1. The van der Waals surface area contributed by atoms with Gasteiger partial charge in [-0.1, -0.05) is 36.5 Å². The average molecular weight is 275 g/mol. The Kier molecular flexibility index (Phi) is 5.25. The van der Waals surface area contributed by atoms with Gasteiger partial charge in [-0.2, -0.15) is 5.10 Å². The van der Waals surface area contributed by atoms with E-state index in [9.17, 15) is 4.79 Å². The summed E-state index contributed by atoms with van der Waals surface area (Å²) < 4.78 is 0. The summed E-state index contributed by atoms with van der Waals surface area (Å²) in [7, 11) is 0. The van der Waals surface area contributed by atoms with Crippen molar-refractivity contribution in [3.8, 4) is 0 Å². The van der Waals surface area contributed by atoms with E-state index in [4.69, 9.17) is 28.3 Å². The van der Waals surface area contributed by atoms with Gasteiger partial charge in [0.2, 0.25) is 0 Å². The number of nitrogens with zero attached hydrogens (tertiary/aromatic N) is 1. The van der Waals surface area contributed by atoms with Crippen molar-refractivity contribution in [2.75, 3.05) is 5.43 Å². The number of hydrogen-bond donors (Lipinski definition) is 2. The summed E-state index contributed by atoms with van der Waals surface area (Å²) in [5.74, 6) is -1.03. The van der Waals surface area contributed by atoms with E-state index in [1.165, 1.54) is 0 Å². The molecule has 0 unspecified atom stereocenters. The number of benzene rings is 1. The fourth-order valence-corrected chi connectivity index (χ4v) is 1.44. The summed E-state index contributed by atoms with van der Waals surface area (Å²) in [4.78, 5) is 10.8. The molecule has 1 aromatic carbocycles. The lowest BCUT2D eigenvalue weighted by atomic mass is 10.2. The summed E-state index contributed by atoms with van der Waals surface area (Å²) >= 11 is 11.6. The Balaban J connectivity index is 2.79. The highest BCUT2D eigenvalue weighted by Crippen LogP contribution is 2.24. The Hall–Kier alpha value is -1.26. The number of rotatable bonds is 5. The predicted octanol–water partition coefficient (Wildman–Crippen LogP) is 3.65. The lowest BCUT2D eigenvalue weighted by Gasteiger charge is -2.04. The third-order valence-electron chi connectivity index (χ3n) is 1.97. The first-order valence-electron chi connectivity index (χ1n) is 5.05. The van der Waals surface area contributed by atoms with Crippen LogP contribution in [-0.2, 0) is 4.79 Å². The number of nitrogens with one attached hydrogen (secondary N) is 1. The van der Waals surface area contributed by atoms with Crippen LogP contribution >= 0.6 is 23.2 Å². The van der Waals surface area contributed by atoms with Gasteiger partial charge in [-0.3, -0.25) is 5.43 Å². The van der Waals surface area contributed by atoms with Gasteiger partial charge >= 0.3 is 5.97 Å². The molecule has 0 aliphatic heterocycles. The summed E-state index contributed by atoms with van der Waals surface area (Å²) in [6.45, 7) is 1.89. The largest absolute Gasteiger partial charge is 0.477 e. The monoisotopic (exact) mass is 274 g/mol. The predicted molar refractivity (Wildman–Crippen MR) is 70.1 cm³/mol. The van der Waals surface area contributed by atoms with Crippen molar-refractivity contribution in [3.63, 3.8) is 0 Å². The van der Waals surface area contributed by atoms with Crippen LogP contribution in [0.15, 0.2) is 23.3 Å². The number of carbonyl (C=O) groups is 1. The van der Waals surface area contributed by atoms with E-state index < -0.39 is 5.97 Å². The van der Waals surface area contributed by atoms with Crippen LogP contribution < -0.4 is 5.43 Å². The number of carboxylic acids is 1. The molecule has 0 aliphatic carbocycles. The molecule has 1 rings (SSSR count). The zero-order valence-electron chi connectivity index (χ0n) is 9.20. The van der Waals surface area contributed by atoms with E-state index in [1.54, 1.807) is 18.2 Å². The van der Waals surface area contributed by atoms with Crippen LogP contribution in [-0.4, -0.2) is 16.8 Å². The molecule has 0 aliphatic rings. The number of aliphatic carboxylic acids is 1. The van der Waals surface area contributed by atoms with Crippen LogP contribution in [0.4, 0.5) is 5.69 Å². The van der Waals surface area contributed by atoms with Gasteiger partial charge in [-0.05, 0) is 24.6 Å². The van der Waals surface area contributed by atoms with Gasteiger partial charge in [0.25, 0.3) is 0 Å². The van der Waals surface area contributed by atoms with Crippen LogP contribution in [0.3, 0.4) is 0 Å². The molecule has 0 spiro atoms. The first-order valence-corrected chi connectivity index (χ1v) is 5.81. The molecule has 0 amide bonds. The Morgan fingerprint density at radius 3 is 2.65 bits per heavy atom. The fourth-order valence-electron chi connectivity index (χ4n) is 1.15. The SMILES string of the molecule is CCCC(=NNc1ccc(Cl)c(Cl)c1)C(=O)O. The van der Waals surface area contributed by atoms with Crippen LogP contribution in [0.2, 0.25) is 10.0 Å². The maximum atomic E-state index is 10.8. The van der Waals surface area contributed by atoms with Crippen molar-refractivity contribution in [1.82, 2.24) is 0 Å². The molecular weight excluding hydrogens is 263 g/mol.